The van der Waals surface area contributed by atoms with E-state index in [2.05, 4.69) is 21.2 Å². The van der Waals surface area contributed by atoms with Crippen molar-refractivity contribution in [1.29, 1.82) is 0 Å². The molecule has 3 aromatic rings. The van der Waals surface area contributed by atoms with E-state index in [4.69, 9.17) is 0 Å². The van der Waals surface area contributed by atoms with Crippen molar-refractivity contribution >= 4 is 39.5 Å². The van der Waals surface area contributed by atoms with E-state index in [1.165, 1.54) is 23.9 Å². The van der Waals surface area contributed by atoms with E-state index in [0.717, 1.165) is 46.8 Å². The molecule has 7 heteroatoms. The predicted molar refractivity (Wildman–Crippen MR) is 152 cm³/mol. The molecular weight excluding hydrogens is 551 g/mol. The molecule has 3 aromatic carbocycles. The highest BCUT2D eigenvalue weighted by molar-refractivity contribution is 9.10. The largest absolute Gasteiger partial charge is 0.352 e. The van der Waals surface area contributed by atoms with Crippen LogP contribution in [-0.4, -0.2) is 34.6 Å². The fourth-order valence-electron chi connectivity index (χ4n) is 4.63. The highest BCUT2D eigenvalue weighted by Crippen LogP contribution is 2.22. The van der Waals surface area contributed by atoms with Gasteiger partial charge < -0.3 is 10.2 Å². The van der Waals surface area contributed by atoms with Crippen LogP contribution in [-0.2, 0) is 28.3 Å². The molecule has 1 unspecified atom stereocenters. The minimum absolute atomic E-state index is 0.103. The molecule has 194 valence electrons. The van der Waals surface area contributed by atoms with Gasteiger partial charge in [0, 0.05) is 29.2 Å². The maximum atomic E-state index is 13.7. The van der Waals surface area contributed by atoms with E-state index in [1.807, 2.05) is 54.6 Å². The van der Waals surface area contributed by atoms with Crippen molar-refractivity contribution in [2.75, 3.05) is 5.75 Å². The summed E-state index contributed by atoms with van der Waals surface area (Å²) in [5.41, 5.74) is 2.92. The zero-order valence-corrected chi connectivity index (χ0v) is 23.1. The van der Waals surface area contributed by atoms with Gasteiger partial charge in [-0.3, -0.25) is 9.59 Å². The van der Waals surface area contributed by atoms with Gasteiger partial charge in [-0.25, -0.2) is 4.39 Å². The number of carbonyl (C=O) groups is 2. The third-order valence-electron chi connectivity index (χ3n) is 6.65. The summed E-state index contributed by atoms with van der Waals surface area (Å²) in [6.07, 6.45) is 4.58. The van der Waals surface area contributed by atoms with Gasteiger partial charge in [0.15, 0.2) is 0 Å². The van der Waals surface area contributed by atoms with Gasteiger partial charge in [-0.1, -0.05) is 83.4 Å². The molecule has 4 nitrogen and oxygen atoms in total. The van der Waals surface area contributed by atoms with E-state index >= 15 is 0 Å². The fourth-order valence-corrected chi connectivity index (χ4v) is 5.76. The van der Waals surface area contributed by atoms with Gasteiger partial charge in [-0.15, -0.1) is 11.8 Å². The minimum atomic E-state index is -0.658. The first-order valence-corrected chi connectivity index (χ1v) is 14.6. The molecule has 0 spiro atoms. The van der Waals surface area contributed by atoms with Crippen LogP contribution in [0.25, 0.3) is 0 Å². The number of nitrogens with one attached hydrogen (secondary N) is 1. The lowest BCUT2D eigenvalue weighted by atomic mass is 10.0. The number of thioether (sulfide) groups is 1. The van der Waals surface area contributed by atoms with Crippen molar-refractivity contribution < 1.29 is 14.0 Å². The highest BCUT2D eigenvalue weighted by atomic mass is 79.9. The summed E-state index contributed by atoms with van der Waals surface area (Å²) in [7, 11) is 0. The molecule has 1 aliphatic carbocycles. The van der Waals surface area contributed by atoms with E-state index in [0.29, 0.717) is 12.2 Å². The van der Waals surface area contributed by atoms with Gasteiger partial charge >= 0.3 is 0 Å². The smallest absolute Gasteiger partial charge is 0.243 e. The first kappa shape index (κ1) is 27.4. The summed E-state index contributed by atoms with van der Waals surface area (Å²) >= 11 is 4.98. The molecule has 1 N–H and O–H groups in total. The van der Waals surface area contributed by atoms with Crippen LogP contribution in [0.2, 0.25) is 0 Å². The molecule has 1 fully saturated rings. The number of halogens is 2. The third-order valence-corrected chi connectivity index (χ3v) is 8.16. The Morgan fingerprint density at radius 3 is 2.24 bits per heavy atom. The van der Waals surface area contributed by atoms with Crippen molar-refractivity contribution in [2.45, 2.75) is 56.5 Å². The summed E-state index contributed by atoms with van der Waals surface area (Å²) in [6, 6.07) is 23.5. The van der Waals surface area contributed by atoms with E-state index < -0.39 is 6.04 Å². The molecule has 0 bridgehead atoms. The van der Waals surface area contributed by atoms with Gasteiger partial charge in [-0.05, 0) is 53.8 Å². The standard InChI is InChI=1S/C30H32BrFN2O2S/c31-25-14-10-24(11-15-25)20-37-21-29(35)34(19-23-12-16-26(32)17-13-23)28(18-22-6-2-1-3-7-22)30(36)33-27-8-4-5-9-27/h1-3,6-7,10-17,27-28H,4-5,8-9,18-21H2,(H,33,36). The molecule has 1 atom stereocenters. The molecule has 0 saturated heterocycles. The summed E-state index contributed by atoms with van der Waals surface area (Å²) in [6.45, 7) is 0.244. The molecule has 1 saturated carbocycles. The van der Waals surface area contributed by atoms with Crippen molar-refractivity contribution in [2.24, 2.45) is 0 Å². The van der Waals surface area contributed by atoms with Crippen LogP contribution in [0.15, 0.2) is 83.3 Å². The summed E-state index contributed by atoms with van der Waals surface area (Å²) < 4.78 is 14.6. The number of benzene rings is 3. The SMILES string of the molecule is O=C(NC1CCCC1)C(Cc1ccccc1)N(Cc1ccc(F)cc1)C(=O)CSCc1ccc(Br)cc1. The van der Waals surface area contributed by atoms with Crippen LogP contribution in [0.5, 0.6) is 0 Å². The monoisotopic (exact) mass is 582 g/mol. The van der Waals surface area contributed by atoms with E-state index in [-0.39, 0.29) is 36.0 Å². The fraction of sp³-hybridized carbons (Fsp3) is 0.333. The maximum absolute atomic E-state index is 13.7. The highest BCUT2D eigenvalue weighted by Gasteiger charge is 2.32. The Morgan fingerprint density at radius 2 is 1.57 bits per heavy atom. The Balaban J connectivity index is 1.55. The van der Waals surface area contributed by atoms with Crippen LogP contribution >= 0.6 is 27.7 Å². The second kappa shape index (κ2) is 13.8. The van der Waals surface area contributed by atoms with Crippen molar-refractivity contribution in [3.63, 3.8) is 0 Å². The average molecular weight is 584 g/mol. The molecule has 0 radical (unpaired) electrons. The summed E-state index contributed by atoms with van der Waals surface area (Å²) in [5, 5.41) is 3.21. The number of hydrogen-bond donors (Lipinski definition) is 1. The third kappa shape index (κ3) is 8.44. The van der Waals surface area contributed by atoms with Crippen molar-refractivity contribution in [3.05, 3.63) is 106 Å². The van der Waals surface area contributed by atoms with Crippen molar-refractivity contribution in [3.8, 4) is 0 Å². The van der Waals surface area contributed by atoms with Crippen LogP contribution in [0, 0.1) is 5.82 Å². The van der Waals surface area contributed by atoms with Gasteiger partial charge in [0.05, 0.1) is 5.75 Å². The molecule has 37 heavy (non-hydrogen) atoms. The van der Waals surface area contributed by atoms with Crippen LogP contribution in [0.4, 0.5) is 4.39 Å². The zero-order valence-electron chi connectivity index (χ0n) is 20.7. The van der Waals surface area contributed by atoms with E-state index in [9.17, 15) is 14.0 Å². The Morgan fingerprint density at radius 1 is 0.919 bits per heavy atom. The molecule has 0 heterocycles. The van der Waals surface area contributed by atoms with Crippen LogP contribution in [0.1, 0.15) is 42.4 Å². The Hall–Kier alpha value is -2.64. The predicted octanol–water partition coefficient (Wildman–Crippen LogP) is 6.52. The first-order valence-electron chi connectivity index (χ1n) is 12.7. The molecule has 4 rings (SSSR count). The lowest BCUT2D eigenvalue weighted by molar-refractivity contribution is -0.139. The molecule has 0 aliphatic heterocycles. The van der Waals surface area contributed by atoms with Gasteiger partial charge in [0.25, 0.3) is 0 Å². The molecule has 1 aliphatic rings. The first-order chi connectivity index (χ1) is 18.0. The molecule has 0 aromatic heterocycles. The molecule has 2 amide bonds. The number of hydrogen-bond acceptors (Lipinski definition) is 3. The zero-order chi connectivity index (χ0) is 26.0. The lowest BCUT2D eigenvalue weighted by Crippen LogP contribution is -2.52. The van der Waals surface area contributed by atoms with Gasteiger partial charge in [-0.2, -0.15) is 0 Å². The topological polar surface area (TPSA) is 49.4 Å². The Labute approximate surface area is 231 Å². The summed E-state index contributed by atoms with van der Waals surface area (Å²) in [4.78, 5) is 29.0. The maximum Gasteiger partial charge on any atom is 0.243 e. The average Bonchev–Trinajstić information content (AvgIpc) is 3.42. The van der Waals surface area contributed by atoms with Crippen LogP contribution < -0.4 is 5.32 Å². The second-order valence-corrected chi connectivity index (χ2v) is 11.4. The number of rotatable bonds is 11. The van der Waals surface area contributed by atoms with Crippen LogP contribution in [0.3, 0.4) is 0 Å². The number of amides is 2. The lowest BCUT2D eigenvalue weighted by Gasteiger charge is -2.32. The molecular formula is C30H32BrFN2O2S. The Bertz CT molecular complexity index is 1150. The van der Waals surface area contributed by atoms with Gasteiger partial charge in [0.1, 0.15) is 11.9 Å². The second-order valence-electron chi connectivity index (χ2n) is 9.46. The van der Waals surface area contributed by atoms with E-state index in [1.54, 1.807) is 17.0 Å². The van der Waals surface area contributed by atoms with Gasteiger partial charge in [0.2, 0.25) is 11.8 Å². The van der Waals surface area contributed by atoms with Crippen molar-refractivity contribution in [1.82, 2.24) is 10.2 Å². The number of carbonyl (C=O) groups excluding carboxylic acids is 2. The number of nitrogens with zero attached hydrogens (tertiary/aromatic N) is 1. The minimum Gasteiger partial charge on any atom is -0.352 e. The Kier molecular flexibility index (Phi) is 10.2. The normalized spacial score (nSPS) is 14.3. The quantitative estimate of drug-likeness (QED) is 0.280. The summed E-state index contributed by atoms with van der Waals surface area (Å²) in [5.74, 6) is 0.393.